The molecule has 0 aliphatic rings. The van der Waals surface area contributed by atoms with Crippen molar-refractivity contribution in [3.63, 3.8) is 0 Å². The Balaban J connectivity index is 4.64. The van der Waals surface area contributed by atoms with Gasteiger partial charge in [-0.05, 0) is 0 Å². The van der Waals surface area contributed by atoms with Crippen molar-refractivity contribution in [2.75, 3.05) is 33.1 Å². The molecule has 0 radical (unpaired) electrons. The molecule has 4 nitrogen and oxygen atoms in total. The zero-order valence-corrected chi connectivity index (χ0v) is 9.52. The fourth-order valence-electron chi connectivity index (χ4n) is 0.780. The highest BCUT2D eigenvalue weighted by atomic mass is 35.5. The molecule has 0 aliphatic heterocycles. The van der Waals surface area contributed by atoms with Crippen molar-refractivity contribution in [2.24, 2.45) is 0 Å². The molecule has 0 fully saturated rings. The van der Waals surface area contributed by atoms with E-state index in [0.717, 1.165) is 4.31 Å². The molecule has 0 saturated carbocycles. The number of rotatable bonds is 6. The van der Waals surface area contributed by atoms with Gasteiger partial charge in [0.15, 0.2) is 0 Å². The van der Waals surface area contributed by atoms with E-state index in [9.17, 15) is 17.2 Å². The van der Waals surface area contributed by atoms with Crippen molar-refractivity contribution in [3.05, 3.63) is 0 Å². The summed E-state index contributed by atoms with van der Waals surface area (Å²) in [6.45, 7) is -0.945. The molecule has 8 heteroatoms. The highest BCUT2D eigenvalue weighted by Crippen LogP contribution is 2.07. The number of nitrogens with zero attached hydrogens (tertiary/aromatic N) is 2. The van der Waals surface area contributed by atoms with Crippen LogP contribution in [-0.2, 0) is 10.2 Å². The Morgan fingerprint density at radius 3 is 2.14 bits per heavy atom. The van der Waals surface area contributed by atoms with E-state index in [1.807, 2.05) is 0 Å². The van der Waals surface area contributed by atoms with Gasteiger partial charge in [0.1, 0.15) is 0 Å². The monoisotopic (exact) mass is 250 g/mol. The molecular formula is C6H13ClF2N2O2S. The highest BCUT2D eigenvalue weighted by molar-refractivity contribution is 7.86. The lowest BCUT2D eigenvalue weighted by atomic mass is 10.6. The molecule has 0 saturated heterocycles. The molecule has 0 aromatic heterocycles. The van der Waals surface area contributed by atoms with Gasteiger partial charge in [0.05, 0.1) is 6.54 Å². The second kappa shape index (κ2) is 5.79. The lowest BCUT2D eigenvalue weighted by molar-refractivity contribution is 0.119. The summed E-state index contributed by atoms with van der Waals surface area (Å²) in [5, 5.41) is 0. The van der Waals surface area contributed by atoms with E-state index >= 15 is 0 Å². The molecule has 0 aliphatic carbocycles. The van der Waals surface area contributed by atoms with Crippen LogP contribution in [0.5, 0.6) is 0 Å². The Morgan fingerprint density at radius 1 is 1.36 bits per heavy atom. The van der Waals surface area contributed by atoms with Gasteiger partial charge in [-0.3, -0.25) is 0 Å². The van der Waals surface area contributed by atoms with Crippen molar-refractivity contribution in [1.29, 1.82) is 0 Å². The van der Waals surface area contributed by atoms with Gasteiger partial charge in [0.2, 0.25) is 0 Å². The van der Waals surface area contributed by atoms with E-state index in [0.29, 0.717) is 4.31 Å². The van der Waals surface area contributed by atoms with Crippen LogP contribution in [0.3, 0.4) is 0 Å². The highest BCUT2D eigenvalue weighted by Gasteiger charge is 2.26. The van der Waals surface area contributed by atoms with Gasteiger partial charge in [-0.15, -0.1) is 11.6 Å². The predicted molar refractivity (Wildman–Crippen MR) is 50.9 cm³/mol. The fraction of sp³-hybridized carbons (Fsp3) is 1.00. The molecule has 0 unspecified atom stereocenters. The Morgan fingerprint density at radius 2 is 1.86 bits per heavy atom. The molecule has 0 aromatic rings. The first kappa shape index (κ1) is 14.0. The van der Waals surface area contributed by atoms with Crippen LogP contribution in [0.2, 0.25) is 0 Å². The molecular weight excluding hydrogens is 238 g/mol. The quantitative estimate of drug-likeness (QED) is 0.648. The third kappa shape index (κ3) is 4.04. The van der Waals surface area contributed by atoms with E-state index in [2.05, 4.69) is 0 Å². The summed E-state index contributed by atoms with van der Waals surface area (Å²) in [5.74, 6) is -0.0141. The molecule has 0 rings (SSSR count). The van der Waals surface area contributed by atoms with E-state index < -0.39 is 23.2 Å². The van der Waals surface area contributed by atoms with E-state index in [4.69, 9.17) is 11.6 Å². The minimum Gasteiger partial charge on any atom is -0.209 e. The van der Waals surface area contributed by atoms with Crippen LogP contribution in [0.25, 0.3) is 0 Å². The Bertz CT molecular complexity index is 259. The number of halogens is 3. The summed E-state index contributed by atoms with van der Waals surface area (Å²) in [6, 6.07) is 0. The Labute approximate surface area is 87.6 Å². The number of alkyl halides is 3. The van der Waals surface area contributed by atoms with Crippen LogP contribution in [-0.4, -0.2) is 56.5 Å². The van der Waals surface area contributed by atoms with Gasteiger partial charge in [-0.1, -0.05) is 0 Å². The average molecular weight is 251 g/mol. The number of hydrogen-bond acceptors (Lipinski definition) is 2. The lowest BCUT2D eigenvalue weighted by Gasteiger charge is -2.24. The maximum Gasteiger partial charge on any atom is 0.281 e. The molecule has 0 heterocycles. The van der Waals surface area contributed by atoms with Crippen molar-refractivity contribution < 1.29 is 17.2 Å². The first-order valence-corrected chi connectivity index (χ1v) is 5.77. The van der Waals surface area contributed by atoms with E-state index in [1.165, 1.54) is 14.1 Å². The topological polar surface area (TPSA) is 40.6 Å². The molecule has 0 spiro atoms. The molecule has 0 amide bonds. The normalized spacial score (nSPS) is 13.1. The molecule has 0 aromatic carbocycles. The van der Waals surface area contributed by atoms with Crippen molar-refractivity contribution in [2.45, 2.75) is 6.43 Å². The minimum atomic E-state index is -3.79. The van der Waals surface area contributed by atoms with Crippen LogP contribution in [0.15, 0.2) is 0 Å². The van der Waals surface area contributed by atoms with Crippen LogP contribution in [0.1, 0.15) is 0 Å². The first-order valence-electron chi connectivity index (χ1n) is 3.84. The van der Waals surface area contributed by atoms with Crippen molar-refractivity contribution >= 4 is 21.8 Å². The van der Waals surface area contributed by atoms with Crippen molar-refractivity contribution in [3.8, 4) is 0 Å². The largest absolute Gasteiger partial charge is 0.281 e. The summed E-state index contributed by atoms with van der Waals surface area (Å²) in [4.78, 5) is 0. The molecule has 0 atom stereocenters. The first-order chi connectivity index (χ1) is 6.32. The second-order valence-corrected chi connectivity index (χ2v) is 5.25. The molecule has 0 N–H and O–H groups in total. The van der Waals surface area contributed by atoms with Gasteiger partial charge in [0, 0.05) is 26.5 Å². The summed E-state index contributed by atoms with van der Waals surface area (Å²) >= 11 is 5.32. The summed E-state index contributed by atoms with van der Waals surface area (Å²) in [7, 11) is -1.23. The van der Waals surface area contributed by atoms with Gasteiger partial charge in [-0.2, -0.15) is 17.0 Å². The minimum absolute atomic E-state index is 0.0141. The average Bonchev–Trinajstić information content (AvgIpc) is 2.02. The summed E-state index contributed by atoms with van der Waals surface area (Å²) < 4.78 is 48.4. The zero-order chi connectivity index (χ0) is 11.4. The standard InChI is InChI=1S/C6H13ClF2N2O2S/c1-10(2)14(12,13)11(4-3-7)5-6(8)9/h6H,3-5H2,1-2H3. The smallest absolute Gasteiger partial charge is 0.209 e. The SMILES string of the molecule is CN(C)S(=O)(=O)N(CCCl)CC(F)F. The zero-order valence-electron chi connectivity index (χ0n) is 7.95. The number of hydrogen-bond donors (Lipinski definition) is 0. The predicted octanol–water partition coefficient (Wildman–Crippen LogP) is 0.599. The molecule has 86 valence electrons. The third-order valence-electron chi connectivity index (χ3n) is 1.46. The van der Waals surface area contributed by atoms with Crippen LogP contribution < -0.4 is 0 Å². The van der Waals surface area contributed by atoms with Crippen molar-refractivity contribution in [1.82, 2.24) is 8.61 Å². The maximum absolute atomic E-state index is 12.0. The Kier molecular flexibility index (Phi) is 5.80. The fourth-order valence-corrected chi connectivity index (χ4v) is 2.17. The molecule has 14 heavy (non-hydrogen) atoms. The van der Waals surface area contributed by atoms with Gasteiger partial charge in [-0.25, -0.2) is 8.78 Å². The summed E-state index contributed by atoms with van der Waals surface area (Å²) in [5.41, 5.74) is 0. The lowest BCUT2D eigenvalue weighted by Crippen LogP contribution is -2.43. The molecule has 0 bridgehead atoms. The van der Waals surface area contributed by atoms with E-state index in [1.54, 1.807) is 0 Å². The van der Waals surface area contributed by atoms with Gasteiger partial charge < -0.3 is 0 Å². The van der Waals surface area contributed by atoms with E-state index in [-0.39, 0.29) is 12.4 Å². The van der Waals surface area contributed by atoms with Crippen LogP contribution in [0, 0.1) is 0 Å². The van der Waals surface area contributed by atoms with Crippen LogP contribution in [0.4, 0.5) is 8.78 Å². The summed E-state index contributed by atoms with van der Waals surface area (Å²) in [6.07, 6.45) is -2.70. The maximum atomic E-state index is 12.0. The van der Waals surface area contributed by atoms with Gasteiger partial charge in [0.25, 0.3) is 16.6 Å². The van der Waals surface area contributed by atoms with Crippen LogP contribution >= 0.6 is 11.6 Å². The van der Waals surface area contributed by atoms with Gasteiger partial charge >= 0.3 is 0 Å². The Hall–Kier alpha value is 0.0200. The second-order valence-electron chi connectivity index (χ2n) is 2.73. The third-order valence-corrected chi connectivity index (χ3v) is 3.54.